The first-order valence-corrected chi connectivity index (χ1v) is 7.69. The van der Waals surface area contributed by atoms with Crippen LogP contribution in [-0.4, -0.2) is 27.3 Å². The van der Waals surface area contributed by atoms with Crippen molar-refractivity contribution in [3.05, 3.63) is 35.9 Å². The maximum Gasteiger partial charge on any atom is 0.161 e. The normalized spacial score (nSPS) is 16.4. The lowest BCUT2D eigenvalue weighted by atomic mass is 9.78. The summed E-state index contributed by atoms with van der Waals surface area (Å²) in [5, 5.41) is 3.62. The van der Waals surface area contributed by atoms with Crippen molar-refractivity contribution >= 4 is 0 Å². The fourth-order valence-electron chi connectivity index (χ4n) is 2.95. The van der Waals surface area contributed by atoms with Crippen LogP contribution in [0.25, 0.3) is 0 Å². The average molecular weight is 289 g/mol. The number of hydrogen-bond donors (Lipinski definition) is 1. The third-order valence-electron chi connectivity index (χ3n) is 4.20. The van der Waals surface area contributed by atoms with Crippen molar-refractivity contribution in [1.82, 2.24) is 5.32 Å². The van der Waals surface area contributed by atoms with E-state index in [9.17, 15) is 0 Å². The summed E-state index contributed by atoms with van der Waals surface area (Å²) < 4.78 is 10.8. The van der Waals surface area contributed by atoms with Gasteiger partial charge in [-0.15, -0.1) is 0 Å². The third-order valence-corrected chi connectivity index (χ3v) is 4.20. The summed E-state index contributed by atoms with van der Waals surface area (Å²) in [6.07, 6.45) is 6.72. The molecule has 3 heteroatoms. The van der Waals surface area contributed by atoms with Crippen LogP contribution in [0.2, 0.25) is 0 Å². The number of allylic oxidation sites excluding steroid dienone is 2. The minimum absolute atomic E-state index is 0.147. The Bertz CT molecular complexity index is 486. The van der Waals surface area contributed by atoms with E-state index in [1.807, 2.05) is 6.07 Å². The fourth-order valence-corrected chi connectivity index (χ4v) is 2.95. The van der Waals surface area contributed by atoms with Crippen molar-refractivity contribution in [2.24, 2.45) is 5.92 Å². The summed E-state index contributed by atoms with van der Waals surface area (Å²) in [7, 11) is 3.37. The minimum atomic E-state index is 0.147. The Kier molecular flexibility index (Phi) is 5.29. The molecular formula is C18H27NO2. The predicted octanol–water partition coefficient (Wildman–Crippen LogP) is 3.54. The molecule has 3 nitrogen and oxygen atoms in total. The van der Waals surface area contributed by atoms with Crippen molar-refractivity contribution in [3.8, 4) is 11.5 Å². The molecule has 0 aliphatic heterocycles. The van der Waals surface area contributed by atoms with Crippen molar-refractivity contribution in [2.45, 2.75) is 32.1 Å². The molecular weight excluding hydrogens is 262 g/mol. The zero-order chi connectivity index (χ0) is 15.3. The van der Waals surface area contributed by atoms with Gasteiger partial charge in [-0.1, -0.05) is 32.1 Å². The number of nitrogens with one attached hydrogen (secondary N) is 1. The van der Waals surface area contributed by atoms with E-state index in [-0.39, 0.29) is 5.41 Å². The molecule has 1 aromatic carbocycles. The lowest BCUT2D eigenvalue weighted by Crippen LogP contribution is -2.37. The van der Waals surface area contributed by atoms with Crippen LogP contribution in [0.15, 0.2) is 30.4 Å². The molecule has 116 valence electrons. The minimum Gasteiger partial charge on any atom is -0.493 e. The smallest absolute Gasteiger partial charge is 0.161 e. The van der Waals surface area contributed by atoms with Gasteiger partial charge in [0, 0.05) is 12.0 Å². The molecule has 0 spiro atoms. The van der Waals surface area contributed by atoms with E-state index >= 15 is 0 Å². The van der Waals surface area contributed by atoms with Gasteiger partial charge >= 0.3 is 0 Å². The van der Waals surface area contributed by atoms with Gasteiger partial charge in [-0.05, 0) is 43.0 Å². The highest BCUT2D eigenvalue weighted by Crippen LogP contribution is 2.40. The molecule has 0 saturated carbocycles. The molecule has 1 aliphatic rings. The first-order chi connectivity index (χ1) is 10.1. The number of benzene rings is 1. The maximum atomic E-state index is 5.46. The molecule has 0 aromatic heterocycles. The first-order valence-electron chi connectivity index (χ1n) is 7.69. The lowest BCUT2D eigenvalue weighted by molar-refractivity contribution is 0.350. The summed E-state index contributed by atoms with van der Waals surface area (Å²) in [4.78, 5) is 0. The molecule has 0 amide bonds. The molecule has 0 fully saturated rings. The van der Waals surface area contributed by atoms with Gasteiger partial charge in [0.25, 0.3) is 0 Å². The van der Waals surface area contributed by atoms with Crippen molar-refractivity contribution in [2.75, 3.05) is 27.3 Å². The number of rotatable bonds is 7. The van der Waals surface area contributed by atoms with Crippen molar-refractivity contribution in [3.63, 3.8) is 0 Å². The average Bonchev–Trinajstić information content (AvgIpc) is 2.96. The quantitative estimate of drug-likeness (QED) is 0.779. The molecule has 0 radical (unpaired) electrons. The topological polar surface area (TPSA) is 30.5 Å². The summed E-state index contributed by atoms with van der Waals surface area (Å²) in [5.41, 5.74) is 1.47. The van der Waals surface area contributed by atoms with Gasteiger partial charge in [0.1, 0.15) is 0 Å². The molecule has 1 aliphatic carbocycles. The molecule has 0 saturated heterocycles. The van der Waals surface area contributed by atoms with Gasteiger partial charge in [-0.25, -0.2) is 0 Å². The molecule has 0 atom stereocenters. The van der Waals surface area contributed by atoms with Crippen LogP contribution >= 0.6 is 0 Å². The Morgan fingerprint density at radius 2 is 1.76 bits per heavy atom. The van der Waals surface area contributed by atoms with Gasteiger partial charge in [-0.3, -0.25) is 0 Å². The van der Waals surface area contributed by atoms with Gasteiger partial charge in [-0.2, -0.15) is 0 Å². The van der Waals surface area contributed by atoms with Gasteiger partial charge < -0.3 is 14.8 Å². The predicted molar refractivity (Wildman–Crippen MR) is 87.3 cm³/mol. The first kappa shape index (κ1) is 15.9. The Balaban J connectivity index is 2.21. The van der Waals surface area contributed by atoms with E-state index in [1.165, 1.54) is 5.56 Å². The molecule has 1 N–H and O–H groups in total. The van der Waals surface area contributed by atoms with E-state index in [1.54, 1.807) is 14.2 Å². The summed E-state index contributed by atoms with van der Waals surface area (Å²) in [6.45, 7) is 6.52. The third kappa shape index (κ3) is 3.59. The SMILES string of the molecule is COc1ccc(C2(CNCC(C)C)CC=CC2)cc1OC. The molecule has 1 aromatic rings. The Labute approximate surface area is 128 Å². The standard InChI is InChI=1S/C18H27NO2/c1-14(2)12-19-13-18(9-5-6-10-18)15-7-8-16(20-3)17(11-15)21-4/h5-8,11,14,19H,9-10,12-13H2,1-4H3. The second-order valence-corrected chi connectivity index (χ2v) is 6.25. The van der Waals surface area contributed by atoms with Gasteiger partial charge in [0.15, 0.2) is 11.5 Å². The summed E-state index contributed by atoms with van der Waals surface area (Å²) in [5.74, 6) is 2.27. The van der Waals surface area contributed by atoms with Crippen LogP contribution in [0.3, 0.4) is 0 Å². The maximum absolute atomic E-state index is 5.46. The number of ether oxygens (including phenoxy) is 2. The Morgan fingerprint density at radius 3 is 2.33 bits per heavy atom. The van der Waals surface area contributed by atoms with Crippen LogP contribution in [0.4, 0.5) is 0 Å². The molecule has 21 heavy (non-hydrogen) atoms. The van der Waals surface area contributed by atoms with Crippen LogP contribution in [0, 0.1) is 5.92 Å². The second-order valence-electron chi connectivity index (χ2n) is 6.25. The Morgan fingerprint density at radius 1 is 1.10 bits per heavy atom. The zero-order valence-corrected chi connectivity index (χ0v) is 13.6. The Hall–Kier alpha value is -1.48. The van der Waals surface area contributed by atoms with E-state index in [0.717, 1.165) is 37.4 Å². The van der Waals surface area contributed by atoms with Gasteiger partial charge in [0.05, 0.1) is 14.2 Å². The van der Waals surface area contributed by atoms with Crippen LogP contribution in [0.5, 0.6) is 11.5 Å². The molecule has 2 rings (SSSR count). The molecule has 0 heterocycles. The summed E-state index contributed by atoms with van der Waals surface area (Å²) in [6, 6.07) is 6.31. The highest BCUT2D eigenvalue weighted by molar-refractivity contribution is 5.46. The largest absolute Gasteiger partial charge is 0.493 e. The fraction of sp³-hybridized carbons (Fsp3) is 0.556. The van der Waals surface area contributed by atoms with E-state index < -0.39 is 0 Å². The van der Waals surface area contributed by atoms with Crippen molar-refractivity contribution in [1.29, 1.82) is 0 Å². The number of methoxy groups -OCH3 is 2. The van der Waals surface area contributed by atoms with Crippen LogP contribution in [0.1, 0.15) is 32.3 Å². The van der Waals surface area contributed by atoms with E-state index in [0.29, 0.717) is 5.92 Å². The van der Waals surface area contributed by atoms with E-state index in [4.69, 9.17) is 9.47 Å². The second kappa shape index (κ2) is 6.99. The zero-order valence-electron chi connectivity index (χ0n) is 13.6. The van der Waals surface area contributed by atoms with Gasteiger partial charge in [0.2, 0.25) is 0 Å². The van der Waals surface area contributed by atoms with Crippen LogP contribution < -0.4 is 14.8 Å². The van der Waals surface area contributed by atoms with Crippen LogP contribution in [-0.2, 0) is 5.41 Å². The van der Waals surface area contributed by atoms with E-state index in [2.05, 4.69) is 43.4 Å². The van der Waals surface area contributed by atoms with Crippen molar-refractivity contribution < 1.29 is 9.47 Å². The lowest BCUT2D eigenvalue weighted by Gasteiger charge is -2.31. The molecule has 0 unspecified atom stereocenters. The highest BCUT2D eigenvalue weighted by atomic mass is 16.5. The highest BCUT2D eigenvalue weighted by Gasteiger charge is 2.33. The monoisotopic (exact) mass is 289 g/mol. The number of hydrogen-bond acceptors (Lipinski definition) is 3. The molecule has 0 bridgehead atoms. The summed E-state index contributed by atoms with van der Waals surface area (Å²) >= 11 is 0.